The van der Waals surface area contributed by atoms with Crippen molar-refractivity contribution in [2.75, 3.05) is 24.1 Å². The molecule has 0 radical (unpaired) electrons. The van der Waals surface area contributed by atoms with Crippen LogP contribution in [0.3, 0.4) is 0 Å². The summed E-state index contributed by atoms with van der Waals surface area (Å²) in [7, 11) is 0. The first-order valence-electron chi connectivity index (χ1n) is 3.63. The van der Waals surface area contributed by atoms with Crippen LogP contribution in [0.25, 0.3) is 0 Å². The monoisotopic (exact) mass is 241 g/mol. The van der Waals surface area contributed by atoms with E-state index in [1.807, 2.05) is 0 Å². The Morgan fingerprint density at radius 3 is 2.11 bits per heavy atom. The summed E-state index contributed by atoms with van der Waals surface area (Å²) in [5.41, 5.74) is 0. The molecule has 0 aromatic carbocycles. The molecule has 0 saturated heterocycles. The van der Waals surface area contributed by atoms with E-state index in [4.69, 9.17) is 0 Å². The molecule has 0 aliphatic heterocycles. The molecule has 0 spiro atoms. The Hall–Kier alpha value is 0.690. The predicted octanol–water partition coefficient (Wildman–Crippen LogP) is 2.15. The minimum absolute atomic E-state index is 1.20. The summed E-state index contributed by atoms with van der Waals surface area (Å²) in [6.07, 6.45) is 1.34. The van der Waals surface area contributed by atoms with Crippen LogP contribution >= 0.6 is 22.6 Å². The van der Waals surface area contributed by atoms with E-state index in [1.54, 1.807) is 0 Å². The van der Waals surface area contributed by atoms with Crippen LogP contribution in [0.5, 0.6) is 0 Å². The largest absolute Gasteiger partial charge is 0.304 e. The van der Waals surface area contributed by atoms with E-state index >= 15 is 0 Å². The lowest BCUT2D eigenvalue weighted by Gasteiger charge is -2.16. The van der Waals surface area contributed by atoms with E-state index in [2.05, 4.69) is 41.3 Å². The third-order valence-corrected chi connectivity index (χ3v) is 2.27. The van der Waals surface area contributed by atoms with Crippen LogP contribution in [-0.2, 0) is 0 Å². The summed E-state index contributed by atoms with van der Waals surface area (Å²) in [5, 5.41) is 0. The first kappa shape index (κ1) is 9.69. The van der Waals surface area contributed by atoms with E-state index in [0.717, 1.165) is 0 Å². The fourth-order valence-corrected chi connectivity index (χ4v) is 1.16. The van der Waals surface area contributed by atoms with Crippen LogP contribution in [0.4, 0.5) is 0 Å². The van der Waals surface area contributed by atoms with Crippen molar-refractivity contribution >= 4 is 22.6 Å². The van der Waals surface area contributed by atoms with Crippen LogP contribution in [0.2, 0.25) is 0 Å². The number of hydrogen-bond donors (Lipinski definition) is 0. The number of halogens is 1. The maximum Gasteiger partial charge on any atom is 0.000744 e. The summed E-state index contributed by atoms with van der Waals surface area (Å²) in [6.45, 7) is 8.11. The molecule has 0 aromatic heterocycles. The quantitative estimate of drug-likeness (QED) is 0.526. The van der Waals surface area contributed by atoms with Crippen molar-refractivity contribution in [2.24, 2.45) is 0 Å². The Morgan fingerprint density at radius 2 is 1.78 bits per heavy atom. The average Bonchev–Trinajstić information content (AvgIpc) is 1.91. The van der Waals surface area contributed by atoms with E-state index in [0.29, 0.717) is 0 Å². The van der Waals surface area contributed by atoms with Gasteiger partial charge in [-0.15, -0.1) is 0 Å². The molecule has 0 atom stereocenters. The fourth-order valence-electron chi connectivity index (χ4n) is 0.823. The number of rotatable bonds is 5. The molecule has 0 aliphatic carbocycles. The highest BCUT2D eigenvalue weighted by molar-refractivity contribution is 14.1. The van der Waals surface area contributed by atoms with Gasteiger partial charge in [0.1, 0.15) is 0 Å². The summed E-state index contributed by atoms with van der Waals surface area (Å²) in [5.74, 6) is 0. The average molecular weight is 241 g/mol. The second kappa shape index (κ2) is 6.81. The van der Waals surface area contributed by atoms with E-state index in [9.17, 15) is 0 Å². The fraction of sp³-hybridized carbons (Fsp3) is 1.00. The lowest BCUT2D eigenvalue weighted by Crippen LogP contribution is -2.24. The highest BCUT2D eigenvalue weighted by Crippen LogP contribution is 1.93. The van der Waals surface area contributed by atoms with Crippen molar-refractivity contribution < 1.29 is 0 Å². The van der Waals surface area contributed by atoms with Gasteiger partial charge in [0.2, 0.25) is 0 Å². The Morgan fingerprint density at radius 1 is 1.22 bits per heavy atom. The van der Waals surface area contributed by atoms with Gasteiger partial charge < -0.3 is 4.90 Å². The minimum atomic E-state index is 1.20. The molecule has 0 N–H and O–H groups in total. The molecule has 56 valence electrons. The SMILES string of the molecule is CCN(CC)CCCI. The second-order valence-corrected chi connectivity index (χ2v) is 3.15. The van der Waals surface area contributed by atoms with Gasteiger partial charge in [-0.3, -0.25) is 0 Å². The normalized spacial score (nSPS) is 10.7. The molecule has 1 nitrogen and oxygen atoms in total. The molecule has 0 saturated carbocycles. The van der Waals surface area contributed by atoms with Gasteiger partial charge in [-0.25, -0.2) is 0 Å². The summed E-state index contributed by atoms with van der Waals surface area (Å²) in [6, 6.07) is 0. The molecule has 0 heterocycles. The Bertz CT molecular complexity index is 52.9. The molecule has 0 aromatic rings. The van der Waals surface area contributed by atoms with Gasteiger partial charge >= 0.3 is 0 Å². The number of nitrogens with zero attached hydrogens (tertiary/aromatic N) is 1. The number of hydrogen-bond acceptors (Lipinski definition) is 1. The van der Waals surface area contributed by atoms with Gasteiger partial charge in [0.15, 0.2) is 0 Å². The van der Waals surface area contributed by atoms with E-state index in [1.165, 1.54) is 30.5 Å². The van der Waals surface area contributed by atoms with Crippen LogP contribution in [0, 0.1) is 0 Å². The zero-order valence-electron chi connectivity index (χ0n) is 6.36. The van der Waals surface area contributed by atoms with Crippen molar-refractivity contribution in [2.45, 2.75) is 20.3 Å². The highest BCUT2D eigenvalue weighted by atomic mass is 127. The van der Waals surface area contributed by atoms with Gasteiger partial charge in [-0.2, -0.15) is 0 Å². The van der Waals surface area contributed by atoms with E-state index in [-0.39, 0.29) is 0 Å². The summed E-state index contributed by atoms with van der Waals surface area (Å²) < 4.78 is 1.29. The van der Waals surface area contributed by atoms with Crippen molar-refractivity contribution in [3.05, 3.63) is 0 Å². The second-order valence-electron chi connectivity index (χ2n) is 2.07. The molecule has 0 amide bonds. The van der Waals surface area contributed by atoms with Crippen LogP contribution < -0.4 is 0 Å². The van der Waals surface area contributed by atoms with Crippen molar-refractivity contribution in [3.8, 4) is 0 Å². The van der Waals surface area contributed by atoms with Crippen LogP contribution in [-0.4, -0.2) is 29.0 Å². The maximum absolute atomic E-state index is 2.46. The first-order valence-corrected chi connectivity index (χ1v) is 5.16. The van der Waals surface area contributed by atoms with Gasteiger partial charge in [0.05, 0.1) is 0 Å². The van der Waals surface area contributed by atoms with Gasteiger partial charge in [-0.1, -0.05) is 36.4 Å². The molecule has 0 bridgehead atoms. The Labute approximate surface area is 72.0 Å². The summed E-state index contributed by atoms with van der Waals surface area (Å²) >= 11 is 2.43. The Kier molecular flexibility index (Phi) is 7.33. The molecule has 0 fully saturated rings. The topological polar surface area (TPSA) is 3.24 Å². The zero-order valence-corrected chi connectivity index (χ0v) is 8.52. The molecule has 0 rings (SSSR count). The van der Waals surface area contributed by atoms with Gasteiger partial charge in [-0.05, 0) is 26.1 Å². The molecule has 0 unspecified atom stereocenters. The third-order valence-electron chi connectivity index (χ3n) is 1.50. The molecule has 2 heteroatoms. The third kappa shape index (κ3) is 5.15. The highest BCUT2D eigenvalue weighted by Gasteiger charge is 1.95. The van der Waals surface area contributed by atoms with Crippen molar-refractivity contribution in [1.82, 2.24) is 4.90 Å². The van der Waals surface area contributed by atoms with Gasteiger partial charge in [0, 0.05) is 4.43 Å². The first-order chi connectivity index (χ1) is 4.35. The smallest absolute Gasteiger partial charge is 0.000744 e. The lowest BCUT2D eigenvalue weighted by atomic mass is 10.4. The zero-order chi connectivity index (χ0) is 7.11. The molecular weight excluding hydrogens is 225 g/mol. The summed E-state index contributed by atoms with van der Waals surface area (Å²) in [4.78, 5) is 2.46. The van der Waals surface area contributed by atoms with Crippen LogP contribution in [0.1, 0.15) is 20.3 Å². The maximum atomic E-state index is 2.46. The van der Waals surface area contributed by atoms with Gasteiger partial charge in [0.25, 0.3) is 0 Å². The van der Waals surface area contributed by atoms with Crippen molar-refractivity contribution in [1.29, 1.82) is 0 Å². The van der Waals surface area contributed by atoms with Crippen LogP contribution in [0.15, 0.2) is 0 Å². The lowest BCUT2D eigenvalue weighted by molar-refractivity contribution is 0.306. The molecular formula is C7H16IN. The molecule has 0 aliphatic rings. The molecule has 9 heavy (non-hydrogen) atoms. The predicted molar refractivity (Wildman–Crippen MR) is 51.3 cm³/mol. The minimum Gasteiger partial charge on any atom is -0.304 e. The van der Waals surface area contributed by atoms with E-state index < -0.39 is 0 Å². The van der Waals surface area contributed by atoms with Crippen molar-refractivity contribution in [3.63, 3.8) is 0 Å². The Balaban J connectivity index is 3.09. The standard InChI is InChI=1S/C7H16IN/c1-3-9(4-2)7-5-6-8/h3-7H2,1-2H3. The number of alkyl halides is 1.